The summed E-state index contributed by atoms with van der Waals surface area (Å²) in [5.41, 5.74) is 2.74. The Bertz CT molecular complexity index is 1080. The summed E-state index contributed by atoms with van der Waals surface area (Å²) in [6.45, 7) is 5.88. The lowest BCUT2D eigenvalue weighted by atomic mass is 9.63. The van der Waals surface area contributed by atoms with Gasteiger partial charge in [-0.3, -0.25) is 0 Å². The second-order valence-corrected chi connectivity index (χ2v) is 10.5. The highest BCUT2D eigenvalue weighted by Crippen LogP contribution is 2.48. The second kappa shape index (κ2) is 12.3. The van der Waals surface area contributed by atoms with Gasteiger partial charge in [0.1, 0.15) is 0 Å². The van der Waals surface area contributed by atoms with Gasteiger partial charge in [-0.25, -0.2) is 8.78 Å². The van der Waals surface area contributed by atoms with E-state index in [0.29, 0.717) is 11.5 Å². The van der Waals surface area contributed by atoms with Crippen molar-refractivity contribution >= 4 is 0 Å². The molecule has 2 heteroatoms. The minimum Gasteiger partial charge on any atom is -0.203 e. The molecule has 184 valence electrons. The van der Waals surface area contributed by atoms with E-state index in [1.165, 1.54) is 31.2 Å². The molecule has 0 aromatic heterocycles. The molecule has 4 unspecified atom stereocenters. The molecular formula is C33H38F2. The maximum Gasteiger partial charge on any atom is 0.174 e. The molecule has 2 aliphatic carbocycles. The number of hydrogen-bond donors (Lipinski definition) is 0. The lowest BCUT2D eigenvalue weighted by Crippen LogP contribution is -2.30. The van der Waals surface area contributed by atoms with Gasteiger partial charge in [0.25, 0.3) is 0 Å². The summed E-state index contributed by atoms with van der Waals surface area (Å²) in [6, 6.07) is 11.5. The number of halogens is 2. The number of benzene rings is 2. The average Bonchev–Trinajstić information content (AvgIpc) is 2.89. The van der Waals surface area contributed by atoms with E-state index >= 15 is 4.39 Å². The van der Waals surface area contributed by atoms with E-state index in [2.05, 4.69) is 42.7 Å². The quantitative estimate of drug-likeness (QED) is 0.278. The second-order valence-electron chi connectivity index (χ2n) is 10.5. The normalized spacial score (nSPS) is 24.0. The summed E-state index contributed by atoms with van der Waals surface area (Å²) in [4.78, 5) is 0. The molecule has 0 nitrogen and oxygen atoms in total. The molecule has 0 N–H and O–H groups in total. The Morgan fingerprint density at radius 1 is 0.886 bits per heavy atom. The fourth-order valence-corrected chi connectivity index (χ4v) is 6.17. The summed E-state index contributed by atoms with van der Waals surface area (Å²) in [7, 11) is 0. The fraction of sp³-hybridized carbons (Fsp3) is 0.455. The standard InChI is InChI=1S/C33H38F2/c1-3-5-7-9-24-10-12-25(13-11-24)14-16-27-20-21-31(33(35)32(27)34)30-19-18-28-22-26(8-6-4-2)15-17-29(28)23-30/h3-5,10-13,20-21,26,28-30H,2,6-9,15,17-19,22-23H2,1H3/b5-3+. The zero-order valence-electron chi connectivity index (χ0n) is 21.0. The van der Waals surface area contributed by atoms with Gasteiger partial charge in [-0.2, -0.15) is 0 Å². The van der Waals surface area contributed by atoms with Crippen LogP contribution in [0.1, 0.15) is 92.9 Å². The Labute approximate surface area is 210 Å². The Morgan fingerprint density at radius 3 is 2.43 bits per heavy atom. The van der Waals surface area contributed by atoms with Crippen molar-refractivity contribution < 1.29 is 8.78 Å². The van der Waals surface area contributed by atoms with Crippen molar-refractivity contribution in [1.29, 1.82) is 0 Å². The predicted octanol–water partition coefficient (Wildman–Crippen LogP) is 9.14. The number of allylic oxidation sites excluding steroid dienone is 3. The van der Waals surface area contributed by atoms with Crippen molar-refractivity contribution in [3.63, 3.8) is 0 Å². The molecular weight excluding hydrogens is 434 g/mol. The van der Waals surface area contributed by atoms with Gasteiger partial charge in [-0.1, -0.05) is 54.7 Å². The molecule has 2 fully saturated rings. The monoisotopic (exact) mass is 472 g/mol. The van der Waals surface area contributed by atoms with Crippen LogP contribution in [0.2, 0.25) is 0 Å². The minimum atomic E-state index is -0.798. The first-order valence-corrected chi connectivity index (χ1v) is 13.4. The van der Waals surface area contributed by atoms with E-state index < -0.39 is 11.6 Å². The largest absolute Gasteiger partial charge is 0.203 e. The third-order valence-corrected chi connectivity index (χ3v) is 8.18. The van der Waals surface area contributed by atoms with Crippen LogP contribution in [-0.4, -0.2) is 0 Å². The van der Waals surface area contributed by atoms with Crippen LogP contribution >= 0.6 is 0 Å². The zero-order chi connectivity index (χ0) is 24.6. The van der Waals surface area contributed by atoms with Gasteiger partial charge in [0.05, 0.1) is 5.56 Å². The third-order valence-electron chi connectivity index (χ3n) is 8.18. The van der Waals surface area contributed by atoms with Crippen LogP contribution in [0.5, 0.6) is 0 Å². The van der Waals surface area contributed by atoms with Crippen LogP contribution in [0.25, 0.3) is 0 Å². The van der Waals surface area contributed by atoms with Gasteiger partial charge < -0.3 is 0 Å². The Hall–Kier alpha value is -2.66. The Balaban J connectivity index is 1.40. The highest BCUT2D eigenvalue weighted by atomic mass is 19.2. The van der Waals surface area contributed by atoms with E-state index in [0.717, 1.165) is 55.9 Å². The topological polar surface area (TPSA) is 0 Å². The minimum absolute atomic E-state index is 0.118. The maximum absolute atomic E-state index is 15.1. The maximum atomic E-state index is 15.1. The number of aryl methyl sites for hydroxylation is 1. The summed E-state index contributed by atoms with van der Waals surface area (Å²) in [6.07, 6.45) is 17.4. The van der Waals surface area contributed by atoms with Gasteiger partial charge in [0, 0.05) is 5.56 Å². The Morgan fingerprint density at radius 2 is 1.66 bits per heavy atom. The molecule has 2 aromatic carbocycles. The zero-order valence-corrected chi connectivity index (χ0v) is 21.0. The molecule has 35 heavy (non-hydrogen) atoms. The molecule has 2 aliphatic rings. The first-order chi connectivity index (χ1) is 17.1. The number of fused-ring (bicyclic) bond motifs is 1. The van der Waals surface area contributed by atoms with Crippen LogP contribution in [-0.2, 0) is 6.42 Å². The number of rotatable bonds is 7. The van der Waals surface area contributed by atoms with Crippen molar-refractivity contribution in [3.8, 4) is 11.8 Å². The smallest absolute Gasteiger partial charge is 0.174 e. The first-order valence-electron chi connectivity index (χ1n) is 13.4. The molecule has 4 atom stereocenters. The van der Waals surface area contributed by atoms with E-state index in [-0.39, 0.29) is 11.5 Å². The molecule has 2 saturated carbocycles. The van der Waals surface area contributed by atoms with Crippen LogP contribution < -0.4 is 0 Å². The molecule has 0 spiro atoms. The molecule has 2 aromatic rings. The molecule has 0 heterocycles. The van der Waals surface area contributed by atoms with E-state index in [1.54, 1.807) is 12.1 Å². The van der Waals surface area contributed by atoms with Gasteiger partial charge in [-0.05, 0) is 118 Å². The fourth-order valence-electron chi connectivity index (χ4n) is 6.17. The van der Waals surface area contributed by atoms with Gasteiger partial charge in [0.2, 0.25) is 0 Å². The number of hydrogen-bond acceptors (Lipinski definition) is 0. The van der Waals surface area contributed by atoms with E-state index in [9.17, 15) is 4.39 Å². The van der Waals surface area contributed by atoms with Gasteiger partial charge in [0.15, 0.2) is 11.6 Å². The lowest BCUT2D eigenvalue weighted by Gasteiger charge is -2.42. The molecule has 0 aliphatic heterocycles. The highest BCUT2D eigenvalue weighted by molar-refractivity contribution is 5.45. The summed E-state index contributed by atoms with van der Waals surface area (Å²) < 4.78 is 30.1. The summed E-state index contributed by atoms with van der Waals surface area (Å²) in [5.74, 6) is 6.70. The average molecular weight is 473 g/mol. The third kappa shape index (κ3) is 6.52. The molecule has 0 saturated heterocycles. The highest BCUT2D eigenvalue weighted by Gasteiger charge is 2.36. The van der Waals surface area contributed by atoms with Gasteiger partial charge >= 0.3 is 0 Å². The van der Waals surface area contributed by atoms with Gasteiger partial charge in [-0.15, -0.1) is 6.58 Å². The molecule has 4 rings (SSSR count). The van der Waals surface area contributed by atoms with Crippen LogP contribution in [0.3, 0.4) is 0 Å². The molecule has 0 radical (unpaired) electrons. The van der Waals surface area contributed by atoms with Crippen molar-refractivity contribution in [2.24, 2.45) is 17.8 Å². The van der Waals surface area contributed by atoms with E-state index in [4.69, 9.17) is 0 Å². The van der Waals surface area contributed by atoms with Crippen molar-refractivity contribution in [3.05, 3.63) is 95.1 Å². The van der Waals surface area contributed by atoms with Crippen LogP contribution in [0, 0.1) is 41.2 Å². The summed E-state index contributed by atoms with van der Waals surface area (Å²) in [5, 5.41) is 0. The van der Waals surface area contributed by atoms with Crippen molar-refractivity contribution in [2.45, 2.75) is 77.0 Å². The lowest BCUT2D eigenvalue weighted by molar-refractivity contribution is 0.114. The predicted molar refractivity (Wildman–Crippen MR) is 142 cm³/mol. The SMILES string of the molecule is C=CCCC1CCC2CC(c3ccc(C#Cc4ccc(CC/C=C/C)cc4)c(F)c3F)CCC2C1. The first kappa shape index (κ1) is 25.4. The molecule has 0 amide bonds. The summed E-state index contributed by atoms with van der Waals surface area (Å²) >= 11 is 0. The molecule has 0 bridgehead atoms. The van der Waals surface area contributed by atoms with Crippen LogP contribution in [0.4, 0.5) is 8.78 Å². The van der Waals surface area contributed by atoms with Crippen molar-refractivity contribution in [2.75, 3.05) is 0 Å². The van der Waals surface area contributed by atoms with E-state index in [1.807, 2.05) is 25.1 Å². The van der Waals surface area contributed by atoms with Crippen LogP contribution in [0.15, 0.2) is 61.2 Å². The Kier molecular flexibility index (Phi) is 8.97. The van der Waals surface area contributed by atoms with Crippen molar-refractivity contribution in [1.82, 2.24) is 0 Å².